The molecule has 150 valence electrons. The van der Waals surface area contributed by atoms with E-state index in [0.29, 0.717) is 12.8 Å². The van der Waals surface area contributed by atoms with Crippen LogP contribution in [0.1, 0.15) is 18.4 Å². The van der Waals surface area contributed by atoms with Crippen LogP contribution in [0.3, 0.4) is 0 Å². The van der Waals surface area contributed by atoms with Gasteiger partial charge in [-0.2, -0.15) is 0 Å². The van der Waals surface area contributed by atoms with Crippen molar-refractivity contribution in [1.82, 2.24) is 4.98 Å². The normalized spacial score (nSPS) is 10.7. The fourth-order valence-corrected chi connectivity index (χ4v) is 3.05. The number of nitro groups is 1. The van der Waals surface area contributed by atoms with Gasteiger partial charge in [0.1, 0.15) is 0 Å². The summed E-state index contributed by atoms with van der Waals surface area (Å²) < 4.78 is 4.96. The molecule has 0 spiro atoms. The summed E-state index contributed by atoms with van der Waals surface area (Å²) in [4.78, 5) is 37.2. The Morgan fingerprint density at radius 2 is 2.00 bits per heavy atom. The van der Waals surface area contributed by atoms with Crippen molar-refractivity contribution in [2.24, 2.45) is 0 Å². The molecule has 0 atom stereocenters. The molecule has 1 amide bonds. The number of esters is 1. The molecular formula is C20H18ClN3O5. The molecule has 9 heteroatoms. The Balaban J connectivity index is 1.44. The van der Waals surface area contributed by atoms with Gasteiger partial charge in [0, 0.05) is 35.7 Å². The number of H-pyrrole nitrogens is 1. The number of anilines is 1. The molecule has 0 saturated carbocycles. The minimum atomic E-state index is -0.627. The maximum Gasteiger partial charge on any atom is 0.306 e. The SMILES string of the molecule is O=C(COC(=O)CCCc1c[nH]c2ccccc12)Nc1cc([N+](=O)[O-])ccc1Cl. The van der Waals surface area contributed by atoms with Gasteiger partial charge in [0.05, 0.1) is 15.6 Å². The molecule has 1 heterocycles. The summed E-state index contributed by atoms with van der Waals surface area (Å²) in [5.74, 6) is -1.12. The molecule has 0 aliphatic rings. The molecule has 0 aliphatic heterocycles. The number of non-ortho nitro benzene ring substituents is 1. The highest BCUT2D eigenvalue weighted by Crippen LogP contribution is 2.26. The van der Waals surface area contributed by atoms with Crippen LogP contribution in [-0.4, -0.2) is 28.4 Å². The number of fused-ring (bicyclic) bond motifs is 1. The third kappa shape index (κ3) is 5.32. The number of hydrogen-bond donors (Lipinski definition) is 2. The lowest BCUT2D eigenvalue weighted by Crippen LogP contribution is -2.21. The number of nitro benzene ring substituents is 1. The molecule has 0 aliphatic carbocycles. The van der Waals surface area contributed by atoms with Crippen molar-refractivity contribution in [3.8, 4) is 0 Å². The second-order valence-corrected chi connectivity index (χ2v) is 6.75. The van der Waals surface area contributed by atoms with E-state index in [-0.39, 0.29) is 22.8 Å². The van der Waals surface area contributed by atoms with E-state index in [9.17, 15) is 19.7 Å². The third-order valence-corrected chi connectivity index (χ3v) is 4.63. The summed E-state index contributed by atoms with van der Waals surface area (Å²) in [6, 6.07) is 11.6. The average Bonchev–Trinajstić information content (AvgIpc) is 3.11. The maximum atomic E-state index is 11.9. The summed E-state index contributed by atoms with van der Waals surface area (Å²) in [5, 5.41) is 14.5. The van der Waals surface area contributed by atoms with Gasteiger partial charge < -0.3 is 15.0 Å². The number of ether oxygens (including phenoxy) is 1. The number of carbonyl (C=O) groups is 2. The Morgan fingerprint density at radius 1 is 1.21 bits per heavy atom. The summed E-state index contributed by atoms with van der Waals surface area (Å²) in [6.07, 6.45) is 3.38. The van der Waals surface area contributed by atoms with Crippen molar-refractivity contribution in [3.63, 3.8) is 0 Å². The number of nitrogens with zero attached hydrogens (tertiary/aromatic N) is 1. The molecule has 2 N–H and O–H groups in total. The van der Waals surface area contributed by atoms with Gasteiger partial charge >= 0.3 is 5.97 Å². The fourth-order valence-electron chi connectivity index (χ4n) is 2.89. The molecule has 29 heavy (non-hydrogen) atoms. The summed E-state index contributed by atoms with van der Waals surface area (Å²) >= 11 is 5.92. The predicted molar refractivity (Wildman–Crippen MR) is 109 cm³/mol. The molecular weight excluding hydrogens is 398 g/mol. The van der Waals surface area contributed by atoms with E-state index in [1.807, 2.05) is 30.5 Å². The lowest BCUT2D eigenvalue weighted by molar-refractivity contribution is -0.384. The number of benzene rings is 2. The molecule has 0 bridgehead atoms. The van der Waals surface area contributed by atoms with Crippen LogP contribution in [0.5, 0.6) is 0 Å². The van der Waals surface area contributed by atoms with Gasteiger partial charge in [0.15, 0.2) is 6.61 Å². The quantitative estimate of drug-likeness (QED) is 0.324. The number of para-hydroxylation sites is 1. The Hall–Kier alpha value is -3.39. The van der Waals surface area contributed by atoms with Gasteiger partial charge in [0.25, 0.3) is 11.6 Å². The number of rotatable bonds is 8. The molecule has 2 aromatic carbocycles. The number of aromatic nitrogens is 1. The minimum absolute atomic E-state index is 0.0845. The molecule has 0 fully saturated rings. The number of carbonyl (C=O) groups excluding carboxylic acids is 2. The zero-order valence-electron chi connectivity index (χ0n) is 15.3. The average molecular weight is 416 g/mol. The molecule has 0 saturated heterocycles. The fraction of sp³-hybridized carbons (Fsp3) is 0.200. The van der Waals surface area contributed by atoms with Crippen LogP contribution in [0.2, 0.25) is 5.02 Å². The molecule has 0 radical (unpaired) electrons. The summed E-state index contributed by atoms with van der Waals surface area (Å²) in [6.45, 7) is -0.495. The van der Waals surface area contributed by atoms with Crippen molar-refractivity contribution in [1.29, 1.82) is 0 Å². The van der Waals surface area contributed by atoms with Gasteiger partial charge in [0.2, 0.25) is 0 Å². The van der Waals surface area contributed by atoms with Crippen molar-refractivity contribution in [3.05, 3.63) is 69.4 Å². The van der Waals surface area contributed by atoms with Crippen LogP contribution >= 0.6 is 11.6 Å². The van der Waals surface area contributed by atoms with Gasteiger partial charge in [-0.05, 0) is 30.5 Å². The van der Waals surface area contributed by atoms with Crippen LogP contribution in [-0.2, 0) is 20.7 Å². The van der Waals surface area contributed by atoms with Crippen LogP contribution in [0, 0.1) is 10.1 Å². The first-order valence-electron chi connectivity index (χ1n) is 8.88. The van der Waals surface area contributed by atoms with Gasteiger partial charge in [-0.25, -0.2) is 0 Å². The standard InChI is InChI=1S/C20H18ClN3O5/c21-16-9-8-14(24(27)28)10-18(16)23-19(25)12-29-20(26)7-3-4-13-11-22-17-6-2-1-5-15(13)17/h1-2,5-6,8-11,22H,3-4,7,12H2,(H,23,25). The highest BCUT2D eigenvalue weighted by atomic mass is 35.5. The van der Waals surface area contributed by atoms with Crippen molar-refractivity contribution < 1.29 is 19.2 Å². The number of halogens is 1. The van der Waals surface area contributed by atoms with Gasteiger partial charge in [-0.15, -0.1) is 0 Å². The zero-order chi connectivity index (χ0) is 20.8. The second-order valence-electron chi connectivity index (χ2n) is 6.34. The Labute approximate surface area is 171 Å². The first kappa shape index (κ1) is 20.3. The number of aryl methyl sites for hydroxylation is 1. The lowest BCUT2D eigenvalue weighted by Gasteiger charge is -2.08. The van der Waals surface area contributed by atoms with Crippen molar-refractivity contribution >= 4 is 45.8 Å². The van der Waals surface area contributed by atoms with E-state index in [0.717, 1.165) is 22.5 Å². The van der Waals surface area contributed by atoms with Crippen LogP contribution in [0.15, 0.2) is 48.7 Å². The van der Waals surface area contributed by atoms with Crippen LogP contribution in [0.4, 0.5) is 11.4 Å². The first-order chi connectivity index (χ1) is 13.9. The van der Waals surface area contributed by atoms with E-state index in [4.69, 9.17) is 16.3 Å². The second kappa shape index (κ2) is 9.20. The Kier molecular flexibility index (Phi) is 6.46. The number of nitrogens with one attached hydrogen (secondary N) is 2. The molecule has 3 aromatic rings. The highest BCUT2D eigenvalue weighted by molar-refractivity contribution is 6.33. The molecule has 0 unspecified atom stereocenters. The molecule has 1 aromatic heterocycles. The van der Waals surface area contributed by atoms with Crippen molar-refractivity contribution in [2.45, 2.75) is 19.3 Å². The first-order valence-corrected chi connectivity index (χ1v) is 9.26. The highest BCUT2D eigenvalue weighted by Gasteiger charge is 2.14. The largest absolute Gasteiger partial charge is 0.456 e. The number of hydrogen-bond acceptors (Lipinski definition) is 5. The predicted octanol–water partition coefficient (Wildman–Crippen LogP) is 4.23. The van der Waals surface area contributed by atoms with E-state index < -0.39 is 23.4 Å². The topological polar surface area (TPSA) is 114 Å². The minimum Gasteiger partial charge on any atom is -0.456 e. The van der Waals surface area contributed by atoms with Crippen LogP contribution < -0.4 is 5.32 Å². The van der Waals surface area contributed by atoms with E-state index in [1.165, 1.54) is 12.1 Å². The number of aromatic amines is 1. The Morgan fingerprint density at radius 3 is 2.79 bits per heavy atom. The number of amides is 1. The third-order valence-electron chi connectivity index (χ3n) is 4.30. The monoisotopic (exact) mass is 415 g/mol. The van der Waals surface area contributed by atoms with E-state index >= 15 is 0 Å². The van der Waals surface area contributed by atoms with E-state index in [2.05, 4.69) is 10.3 Å². The maximum absolute atomic E-state index is 11.9. The summed E-state index contributed by atoms with van der Waals surface area (Å²) in [5.41, 5.74) is 2.04. The van der Waals surface area contributed by atoms with E-state index in [1.54, 1.807) is 0 Å². The van der Waals surface area contributed by atoms with Gasteiger partial charge in [-0.1, -0.05) is 29.8 Å². The summed E-state index contributed by atoms with van der Waals surface area (Å²) in [7, 11) is 0. The smallest absolute Gasteiger partial charge is 0.306 e. The van der Waals surface area contributed by atoms with Gasteiger partial charge in [-0.3, -0.25) is 19.7 Å². The Bertz CT molecular complexity index is 1060. The van der Waals surface area contributed by atoms with Crippen LogP contribution in [0.25, 0.3) is 10.9 Å². The molecule has 3 rings (SSSR count). The zero-order valence-corrected chi connectivity index (χ0v) is 16.1. The lowest BCUT2D eigenvalue weighted by atomic mass is 10.1. The van der Waals surface area contributed by atoms with Crippen molar-refractivity contribution in [2.75, 3.05) is 11.9 Å². The molecule has 8 nitrogen and oxygen atoms in total.